The lowest BCUT2D eigenvalue weighted by Gasteiger charge is -2.37. The molecule has 11 heteroatoms. The molecule has 0 amide bonds. The molecule has 1 aromatic heterocycles. The van der Waals surface area contributed by atoms with Gasteiger partial charge in [-0.2, -0.15) is 22.0 Å². The van der Waals surface area contributed by atoms with Crippen molar-refractivity contribution in [1.29, 1.82) is 0 Å². The number of aryl methyl sites for hydroxylation is 1. The number of pyridine rings is 1. The second-order valence-electron chi connectivity index (χ2n) is 7.09. The van der Waals surface area contributed by atoms with Crippen LogP contribution in [0.2, 0.25) is 0 Å². The molecule has 4 nitrogen and oxygen atoms in total. The first kappa shape index (κ1) is 19.7. The van der Waals surface area contributed by atoms with Gasteiger partial charge in [0, 0.05) is 30.1 Å². The Hall–Kier alpha value is -2.59. The molecule has 0 unspecified atom stereocenters. The number of hydrogen-bond acceptors (Lipinski definition) is 4. The number of halogens is 7. The first-order valence-electron chi connectivity index (χ1n) is 8.60. The van der Waals surface area contributed by atoms with E-state index in [9.17, 15) is 30.7 Å². The van der Waals surface area contributed by atoms with Crippen LogP contribution in [0.4, 0.5) is 30.7 Å². The van der Waals surface area contributed by atoms with Gasteiger partial charge in [-0.05, 0) is 31.1 Å². The van der Waals surface area contributed by atoms with Crippen molar-refractivity contribution in [3.63, 3.8) is 0 Å². The van der Waals surface area contributed by atoms with E-state index in [1.165, 1.54) is 19.2 Å². The number of rotatable bonds is 2. The number of alkyl halides is 7. The fraction of sp³-hybridized carbons (Fsp3) is 0.444. The van der Waals surface area contributed by atoms with Crippen molar-refractivity contribution >= 4 is 5.84 Å². The molecule has 1 aliphatic carbocycles. The molecule has 0 N–H and O–H groups in total. The molecule has 2 aliphatic heterocycles. The minimum atomic E-state index is -4.81. The van der Waals surface area contributed by atoms with E-state index < -0.39 is 42.0 Å². The Labute approximate surface area is 160 Å². The predicted molar refractivity (Wildman–Crippen MR) is 87.2 cm³/mol. The molecule has 0 fully saturated rings. The van der Waals surface area contributed by atoms with E-state index in [2.05, 4.69) is 14.7 Å². The Kier molecular flexibility index (Phi) is 4.22. The van der Waals surface area contributed by atoms with Crippen LogP contribution in [0.15, 0.2) is 40.9 Å². The standard InChI is InChI=1S/C18H14F7N3O/c1-9-13-11(2-5-26-9)16(3-4-17(13,21)22)8-28-7-10(18(23,24)25)6-12(14(28)27-16)29-15(19)20/h2,5-7,15H,3-4,8H2,1H3/t16-/m1/s1. The third kappa shape index (κ3) is 3.16. The molecule has 1 atom stereocenters. The predicted octanol–water partition coefficient (Wildman–Crippen LogP) is 4.77. The van der Waals surface area contributed by atoms with E-state index in [1.807, 2.05) is 0 Å². The average Bonchev–Trinajstić information content (AvgIpc) is 2.97. The van der Waals surface area contributed by atoms with Gasteiger partial charge in [0.25, 0.3) is 5.92 Å². The molecule has 0 saturated carbocycles. The number of aromatic nitrogens is 1. The largest absolute Gasteiger partial charge is 0.431 e. The Morgan fingerprint density at radius 1 is 1.21 bits per heavy atom. The van der Waals surface area contributed by atoms with E-state index in [0.29, 0.717) is 6.08 Å². The van der Waals surface area contributed by atoms with E-state index in [4.69, 9.17) is 0 Å². The molecule has 0 aromatic carbocycles. The number of fused-ring (bicyclic) bond motifs is 3. The highest BCUT2D eigenvalue weighted by atomic mass is 19.4. The summed E-state index contributed by atoms with van der Waals surface area (Å²) in [5, 5.41) is 0. The van der Waals surface area contributed by atoms with Crippen LogP contribution in [0, 0.1) is 6.92 Å². The summed E-state index contributed by atoms with van der Waals surface area (Å²) < 4.78 is 98.5. The zero-order valence-corrected chi connectivity index (χ0v) is 14.9. The zero-order valence-electron chi connectivity index (χ0n) is 14.9. The van der Waals surface area contributed by atoms with E-state index >= 15 is 0 Å². The van der Waals surface area contributed by atoms with Crippen LogP contribution in [-0.2, 0) is 16.2 Å². The van der Waals surface area contributed by atoms with Crippen LogP contribution in [0.5, 0.6) is 0 Å². The Balaban J connectivity index is 1.85. The van der Waals surface area contributed by atoms with E-state index in [-0.39, 0.29) is 35.6 Å². The normalized spacial score (nSPS) is 25.4. The quantitative estimate of drug-likeness (QED) is 0.646. The molecule has 1 aromatic rings. The number of amidine groups is 1. The smallest absolute Gasteiger partial charge is 0.417 e. The molecule has 0 bridgehead atoms. The maximum absolute atomic E-state index is 14.5. The molecular formula is C18H14F7N3O. The second-order valence-corrected chi connectivity index (χ2v) is 7.09. The van der Waals surface area contributed by atoms with E-state index in [0.717, 1.165) is 11.1 Å². The number of hydrogen-bond donors (Lipinski definition) is 0. The average molecular weight is 421 g/mol. The zero-order chi connectivity index (χ0) is 21.2. The Bertz CT molecular complexity index is 951. The van der Waals surface area contributed by atoms with Gasteiger partial charge in [-0.15, -0.1) is 0 Å². The highest BCUT2D eigenvalue weighted by Gasteiger charge is 2.53. The van der Waals surface area contributed by atoms with Crippen molar-refractivity contribution in [2.75, 3.05) is 6.54 Å². The van der Waals surface area contributed by atoms with Crippen molar-refractivity contribution in [3.8, 4) is 0 Å². The molecule has 3 heterocycles. The second kappa shape index (κ2) is 6.20. The van der Waals surface area contributed by atoms with Gasteiger partial charge in [0.05, 0.1) is 12.1 Å². The van der Waals surface area contributed by atoms with Gasteiger partial charge < -0.3 is 9.64 Å². The molecule has 4 rings (SSSR count). The summed E-state index contributed by atoms with van der Waals surface area (Å²) in [6.45, 7) is -2.17. The van der Waals surface area contributed by atoms with Gasteiger partial charge >= 0.3 is 12.8 Å². The molecule has 3 aliphatic rings. The number of nitrogens with zero attached hydrogens (tertiary/aromatic N) is 3. The van der Waals surface area contributed by atoms with Crippen molar-refractivity contribution in [3.05, 3.63) is 52.7 Å². The van der Waals surface area contributed by atoms with Gasteiger partial charge in [-0.25, -0.2) is 8.78 Å². The summed E-state index contributed by atoms with van der Waals surface area (Å²) in [5.74, 6) is -4.17. The van der Waals surface area contributed by atoms with Crippen molar-refractivity contribution in [2.45, 2.75) is 44.0 Å². The Morgan fingerprint density at radius 3 is 2.59 bits per heavy atom. The van der Waals surface area contributed by atoms with Crippen LogP contribution in [-0.4, -0.2) is 35.1 Å². The van der Waals surface area contributed by atoms with Crippen LogP contribution in [0.3, 0.4) is 0 Å². The first-order valence-corrected chi connectivity index (χ1v) is 8.60. The topological polar surface area (TPSA) is 37.7 Å². The van der Waals surface area contributed by atoms with Crippen LogP contribution >= 0.6 is 0 Å². The molecular weight excluding hydrogens is 407 g/mol. The lowest BCUT2D eigenvalue weighted by Crippen LogP contribution is -2.40. The maximum Gasteiger partial charge on any atom is 0.417 e. The number of ether oxygens (including phenoxy) is 1. The van der Waals surface area contributed by atoms with Gasteiger partial charge in [0.15, 0.2) is 11.6 Å². The van der Waals surface area contributed by atoms with Gasteiger partial charge in [0.2, 0.25) is 0 Å². The number of aliphatic imine (C=N–C) groups is 1. The molecule has 0 radical (unpaired) electrons. The maximum atomic E-state index is 14.5. The molecule has 1 spiro atoms. The fourth-order valence-electron chi connectivity index (χ4n) is 4.03. The van der Waals surface area contributed by atoms with E-state index in [1.54, 1.807) is 0 Å². The van der Waals surface area contributed by atoms with Gasteiger partial charge in [-0.3, -0.25) is 9.98 Å². The summed E-state index contributed by atoms with van der Waals surface area (Å²) in [4.78, 5) is 9.27. The summed E-state index contributed by atoms with van der Waals surface area (Å²) >= 11 is 0. The third-order valence-electron chi connectivity index (χ3n) is 5.23. The summed E-state index contributed by atoms with van der Waals surface area (Å²) in [6.07, 6.45) is -3.09. The van der Waals surface area contributed by atoms with Crippen LogP contribution < -0.4 is 0 Å². The first-order chi connectivity index (χ1) is 13.4. The highest BCUT2D eigenvalue weighted by Crippen LogP contribution is 2.52. The fourth-order valence-corrected chi connectivity index (χ4v) is 4.03. The van der Waals surface area contributed by atoms with Crippen molar-refractivity contribution < 1.29 is 35.5 Å². The Morgan fingerprint density at radius 2 is 1.93 bits per heavy atom. The summed E-state index contributed by atoms with van der Waals surface area (Å²) in [6, 6.07) is 1.35. The van der Waals surface area contributed by atoms with Crippen molar-refractivity contribution in [1.82, 2.24) is 9.88 Å². The number of allylic oxidation sites excluding steroid dienone is 2. The molecule has 0 saturated heterocycles. The molecule has 29 heavy (non-hydrogen) atoms. The van der Waals surface area contributed by atoms with Gasteiger partial charge in [-0.1, -0.05) is 0 Å². The SMILES string of the molecule is Cc1nccc2c1C(F)(F)CC[C@@]21CN2C=C(C(F)(F)F)C=C(OC(F)F)C2=N1. The monoisotopic (exact) mass is 421 g/mol. The lowest BCUT2D eigenvalue weighted by atomic mass is 9.75. The lowest BCUT2D eigenvalue weighted by molar-refractivity contribution is -0.0981. The third-order valence-corrected chi connectivity index (χ3v) is 5.23. The molecule has 156 valence electrons. The summed E-state index contributed by atoms with van der Waals surface area (Å²) in [5.41, 5.74) is -2.63. The highest BCUT2D eigenvalue weighted by molar-refractivity contribution is 6.00. The minimum absolute atomic E-state index is 0.0859. The summed E-state index contributed by atoms with van der Waals surface area (Å²) in [7, 11) is 0. The van der Waals surface area contributed by atoms with Crippen LogP contribution in [0.25, 0.3) is 0 Å². The minimum Gasteiger partial charge on any atom is -0.431 e. The van der Waals surface area contributed by atoms with Crippen LogP contribution in [0.1, 0.15) is 29.7 Å². The van der Waals surface area contributed by atoms with Crippen molar-refractivity contribution in [2.24, 2.45) is 4.99 Å². The van der Waals surface area contributed by atoms with Gasteiger partial charge in [0.1, 0.15) is 5.54 Å².